The van der Waals surface area contributed by atoms with Crippen LogP contribution in [-0.4, -0.2) is 18.7 Å². The van der Waals surface area contributed by atoms with E-state index in [9.17, 15) is 4.79 Å². The zero-order valence-corrected chi connectivity index (χ0v) is 7.64. The van der Waals surface area contributed by atoms with E-state index in [1.807, 2.05) is 0 Å². The maximum atomic E-state index is 10.8. The molecule has 0 aromatic carbocycles. The van der Waals surface area contributed by atoms with Crippen LogP contribution in [0.1, 0.15) is 39.0 Å². The Bertz CT molecular complexity index is 147. The molecule has 0 aromatic heterocycles. The van der Waals surface area contributed by atoms with Crippen molar-refractivity contribution in [1.82, 2.24) is 5.32 Å². The molecule has 1 heterocycles. The normalized spacial score (nSPS) is 23.1. The number of carbonyl (C=O) groups excluding carboxylic acids is 1. The summed E-state index contributed by atoms with van der Waals surface area (Å²) >= 11 is 0. The second-order valence-electron chi connectivity index (χ2n) is 3.24. The van der Waals surface area contributed by atoms with Crippen molar-refractivity contribution >= 4 is 6.09 Å². The molecule has 1 rings (SSSR count). The monoisotopic (exact) mass is 171 g/mol. The Morgan fingerprint density at radius 2 is 2.42 bits per heavy atom. The van der Waals surface area contributed by atoms with Crippen molar-refractivity contribution in [3.05, 3.63) is 0 Å². The van der Waals surface area contributed by atoms with Gasteiger partial charge in [0.15, 0.2) is 0 Å². The van der Waals surface area contributed by atoms with Crippen LogP contribution in [0.4, 0.5) is 4.79 Å². The molecule has 1 saturated heterocycles. The summed E-state index contributed by atoms with van der Waals surface area (Å²) in [6.45, 7) is 2.95. The molecule has 0 aromatic rings. The number of hydrogen-bond acceptors (Lipinski definition) is 2. The van der Waals surface area contributed by atoms with Crippen LogP contribution >= 0.6 is 0 Å². The van der Waals surface area contributed by atoms with E-state index in [1.165, 1.54) is 19.3 Å². The molecule has 1 amide bonds. The molecular weight excluding hydrogens is 154 g/mol. The van der Waals surface area contributed by atoms with E-state index in [-0.39, 0.29) is 12.2 Å². The zero-order chi connectivity index (χ0) is 8.81. The lowest BCUT2D eigenvalue weighted by Crippen LogP contribution is -2.37. The minimum atomic E-state index is -0.247. The molecule has 0 aliphatic carbocycles. The van der Waals surface area contributed by atoms with Gasteiger partial charge >= 0.3 is 6.09 Å². The second-order valence-corrected chi connectivity index (χ2v) is 3.24. The first-order chi connectivity index (χ1) is 5.83. The highest BCUT2D eigenvalue weighted by molar-refractivity contribution is 5.67. The number of amides is 1. The van der Waals surface area contributed by atoms with Crippen molar-refractivity contribution in [1.29, 1.82) is 0 Å². The number of alkyl carbamates (subject to hydrolysis) is 1. The molecule has 1 atom stereocenters. The van der Waals surface area contributed by atoms with Crippen LogP contribution in [0.5, 0.6) is 0 Å². The largest absolute Gasteiger partial charge is 0.446 e. The average Bonchev–Trinajstić information content (AvgIpc) is 2.05. The third-order valence-electron chi connectivity index (χ3n) is 2.14. The van der Waals surface area contributed by atoms with E-state index in [0.29, 0.717) is 0 Å². The Labute approximate surface area is 73.5 Å². The molecule has 3 heteroatoms. The first kappa shape index (κ1) is 9.36. The molecule has 0 saturated carbocycles. The third kappa shape index (κ3) is 3.11. The maximum Gasteiger partial charge on any atom is 0.407 e. The molecule has 1 unspecified atom stereocenters. The van der Waals surface area contributed by atoms with Crippen LogP contribution in [0.3, 0.4) is 0 Å². The molecule has 70 valence electrons. The average molecular weight is 171 g/mol. The predicted molar refractivity (Wildman–Crippen MR) is 47.0 cm³/mol. The minimum absolute atomic E-state index is 0.172. The zero-order valence-electron chi connectivity index (χ0n) is 7.64. The van der Waals surface area contributed by atoms with Gasteiger partial charge in [-0.15, -0.1) is 0 Å². The smallest absolute Gasteiger partial charge is 0.407 e. The van der Waals surface area contributed by atoms with Crippen LogP contribution in [0, 0.1) is 0 Å². The van der Waals surface area contributed by atoms with E-state index in [2.05, 4.69) is 12.2 Å². The first-order valence-corrected chi connectivity index (χ1v) is 4.77. The summed E-state index contributed by atoms with van der Waals surface area (Å²) in [6.07, 6.45) is 5.55. The van der Waals surface area contributed by atoms with Crippen LogP contribution in [0.25, 0.3) is 0 Å². The number of hydrogen-bond donors (Lipinski definition) is 1. The van der Waals surface area contributed by atoms with Gasteiger partial charge in [-0.1, -0.05) is 19.8 Å². The van der Waals surface area contributed by atoms with Crippen molar-refractivity contribution in [2.75, 3.05) is 6.54 Å². The summed E-state index contributed by atoms with van der Waals surface area (Å²) in [5, 5.41) is 2.64. The molecule has 12 heavy (non-hydrogen) atoms. The van der Waals surface area contributed by atoms with E-state index >= 15 is 0 Å². The van der Waals surface area contributed by atoms with Gasteiger partial charge in [-0.05, 0) is 12.8 Å². The maximum absolute atomic E-state index is 10.8. The van der Waals surface area contributed by atoms with Crippen LogP contribution in [-0.2, 0) is 4.74 Å². The quantitative estimate of drug-likeness (QED) is 0.657. The number of ether oxygens (including phenoxy) is 1. The van der Waals surface area contributed by atoms with E-state index in [1.54, 1.807) is 0 Å². The highest BCUT2D eigenvalue weighted by atomic mass is 16.6. The van der Waals surface area contributed by atoms with Crippen molar-refractivity contribution in [2.24, 2.45) is 0 Å². The molecule has 0 radical (unpaired) electrons. The second kappa shape index (κ2) is 5.01. The van der Waals surface area contributed by atoms with Crippen molar-refractivity contribution in [2.45, 2.75) is 45.1 Å². The summed E-state index contributed by atoms with van der Waals surface area (Å²) in [4.78, 5) is 10.8. The van der Waals surface area contributed by atoms with Gasteiger partial charge in [0.05, 0.1) is 0 Å². The number of nitrogens with one attached hydrogen (secondary N) is 1. The summed E-state index contributed by atoms with van der Waals surface area (Å²) < 4.78 is 5.08. The molecule has 0 bridgehead atoms. The number of carbonyl (C=O) groups is 1. The van der Waals surface area contributed by atoms with Gasteiger partial charge < -0.3 is 10.1 Å². The lowest BCUT2D eigenvalue weighted by Gasteiger charge is -2.22. The van der Waals surface area contributed by atoms with E-state index in [4.69, 9.17) is 4.74 Å². The Morgan fingerprint density at radius 3 is 3.08 bits per heavy atom. The molecule has 1 aliphatic rings. The Kier molecular flexibility index (Phi) is 3.91. The van der Waals surface area contributed by atoms with Crippen molar-refractivity contribution < 1.29 is 9.53 Å². The van der Waals surface area contributed by atoms with Gasteiger partial charge in [0, 0.05) is 13.0 Å². The number of cyclic esters (lactones) is 1. The van der Waals surface area contributed by atoms with Crippen molar-refractivity contribution in [3.63, 3.8) is 0 Å². The summed E-state index contributed by atoms with van der Waals surface area (Å²) in [6, 6.07) is 0. The van der Waals surface area contributed by atoms with Gasteiger partial charge in [0.1, 0.15) is 6.10 Å². The SMILES string of the molecule is CCCCCC1CCNC(=O)O1. The van der Waals surface area contributed by atoms with Crippen molar-refractivity contribution in [3.8, 4) is 0 Å². The molecule has 1 fully saturated rings. The van der Waals surface area contributed by atoms with Gasteiger partial charge in [-0.25, -0.2) is 4.79 Å². The van der Waals surface area contributed by atoms with Gasteiger partial charge in [-0.2, -0.15) is 0 Å². The van der Waals surface area contributed by atoms with Crippen LogP contribution in [0.2, 0.25) is 0 Å². The predicted octanol–water partition coefficient (Wildman–Crippen LogP) is 2.07. The standard InChI is InChI=1S/C9H17NO2/c1-2-3-4-5-8-6-7-10-9(11)12-8/h8H,2-7H2,1H3,(H,10,11). The highest BCUT2D eigenvalue weighted by Crippen LogP contribution is 2.12. The fourth-order valence-electron chi connectivity index (χ4n) is 1.41. The summed E-state index contributed by atoms with van der Waals surface area (Å²) in [7, 11) is 0. The Hall–Kier alpha value is -0.730. The molecule has 1 aliphatic heterocycles. The van der Waals surface area contributed by atoms with Gasteiger partial charge in [0.2, 0.25) is 0 Å². The molecule has 1 N–H and O–H groups in total. The van der Waals surface area contributed by atoms with Crippen LogP contribution in [0.15, 0.2) is 0 Å². The molecule has 3 nitrogen and oxygen atoms in total. The highest BCUT2D eigenvalue weighted by Gasteiger charge is 2.18. The first-order valence-electron chi connectivity index (χ1n) is 4.77. The summed E-state index contributed by atoms with van der Waals surface area (Å²) in [5.41, 5.74) is 0. The van der Waals surface area contributed by atoms with E-state index < -0.39 is 0 Å². The van der Waals surface area contributed by atoms with Gasteiger partial charge in [0.25, 0.3) is 0 Å². The van der Waals surface area contributed by atoms with Crippen LogP contribution < -0.4 is 5.32 Å². The summed E-state index contributed by atoms with van der Waals surface area (Å²) in [5.74, 6) is 0. The Morgan fingerprint density at radius 1 is 1.58 bits per heavy atom. The topological polar surface area (TPSA) is 38.3 Å². The van der Waals surface area contributed by atoms with E-state index in [0.717, 1.165) is 19.4 Å². The Balaban J connectivity index is 2.10. The lowest BCUT2D eigenvalue weighted by atomic mass is 10.1. The molecular formula is C9H17NO2. The lowest BCUT2D eigenvalue weighted by molar-refractivity contribution is 0.0679. The number of rotatable bonds is 4. The fraction of sp³-hybridized carbons (Fsp3) is 0.889. The molecule has 0 spiro atoms. The number of unbranched alkanes of at least 4 members (excludes halogenated alkanes) is 2. The minimum Gasteiger partial charge on any atom is -0.446 e. The van der Waals surface area contributed by atoms with Gasteiger partial charge in [-0.3, -0.25) is 0 Å². The third-order valence-corrected chi connectivity index (χ3v) is 2.14. The fourth-order valence-corrected chi connectivity index (χ4v) is 1.41.